The van der Waals surface area contributed by atoms with E-state index in [9.17, 15) is 18.0 Å². The number of carbonyl (C=O) groups excluding carboxylic acids is 2. The standard InChI is InChI=1S/C22H30N4O5S/c1-4-9-23-22(28)31-17-8-7-15(11-17)18-13-20(26-25-18)24-21(27)12-16-6-5-14(2)10-19(16)32(3,29)30/h5-6,10,13,15,17H,4,7-9,11-12H2,1-3H3,(H,23,28)(H2,24,25,26,27). The van der Waals surface area contributed by atoms with Gasteiger partial charge in [-0.1, -0.05) is 19.1 Å². The maximum atomic E-state index is 12.5. The molecule has 2 atom stereocenters. The lowest BCUT2D eigenvalue weighted by Crippen LogP contribution is -2.28. The molecule has 0 spiro atoms. The Kier molecular flexibility index (Phi) is 7.55. The first-order valence-corrected chi connectivity index (χ1v) is 12.6. The predicted octanol–water partition coefficient (Wildman–Crippen LogP) is 3.08. The molecule has 10 heteroatoms. The number of anilines is 1. The lowest BCUT2D eigenvalue weighted by molar-refractivity contribution is -0.115. The minimum Gasteiger partial charge on any atom is -0.446 e. The van der Waals surface area contributed by atoms with Crippen molar-refractivity contribution in [1.82, 2.24) is 15.5 Å². The average molecular weight is 463 g/mol. The van der Waals surface area contributed by atoms with Crippen LogP contribution < -0.4 is 10.6 Å². The third-order valence-electron chi connectivity index (χ3n) is 5.46. The van der Waals surface area contributed by atoms with Crippen LogP contribution in [-0.2, 0) is 25.8 Å². The lowest BCUT2D eigenvalue weighted by Gasteiger charge is -2.12. The van der Waals surface area contributed by atoms with Crippen LogP contribution in [0.5, 0.6) is 0 Å². The summed E-state index contributed by atoms with van der Waals surface area (Å²) in [7, 11) is -3.44. The van der Waals surface area contributed by atoms with Crippen LogP contribution in [0.15, 0.2) is 29.2 Å². The number of sulfone groups is 1. The molecule has 0 saturated heterocycles. The fourth-order valence-electron chi connectivity index (χ4n) is 3.87. The number of nitrogens with one attached hydrogen (secondary N) is 3. The molecule has 2 unspecified atom stereocenters. The van der Waals surface area contributed by atoms with Gasteiger partial charge in [0.05, 0.1) is 11.3 Å². The summed E-state index contributed by atoms with van der Waals surface area (Å²) in [4.78, 5) is 24.4. The molecule has 0 radical (unpaired) electrons. The van der Waals surface area contributed by atoms with E-state index in [2.05, 4.69) is 20.8 Å². The molecule has 1 aromatic carbocycles. The van der Waals surface area contributed by atoms with Gasteiger partial charge in [-0.25, -0.2) is 13.2 Å². The van der Waals surface area contributed by atoms with E-state index in [4.69, 9.17) is 4.74 Å². The van der Waals surface area contributed by atoms with Crippen molar-refractivity contribution in [3.8, 4) is 0 Å². The number of hydrogen-bond acceptors (Lipinski definition) is 6. The van der Waals surface area contributed by atoms with Crippen LogP contribution in [-0.4, -0.2) is 49.5 Å². The largest absolute Gasteiger partial charge is 0.446 e. The zero-order chi connectivity index (χ0) is 23.3. The Bertz CT molecular complexity index is 1080. The number of aryl methyl sites for hydroxylation is 1. The number of aromatic nitrogens is 2. The topological polar surface area (TPSA) is 130 Å². The fraction of sp³-hybridized carbons (Fsp3) is 0.500. The van der Waals surface area contributed by atoms with Crippen LogP contribution in [0.1, 0.15) is 55.3 Å². The second-order valence-corrected chi connectivity index (χ2v) is 10.3. The number of amides is 2. The molecule has 9 nitrogen and oxygen atoms in total. The minimum absolute atomic E-state index is 0.0723. The van der Waals surface area contributed by atoms with Crippen molar-refractivity contribution in [3.63, 3.8) is 0 Å². The van der Waals surface area contributed by atoms with E-state index < -0.39 is 9.84 Å². The van der Waals surface area contributed by atoms with Crippen molar-refractivity contribution in [2.24, 2.45) is 0 Å². The van der Waals surface area contributed by atoms with Gasteiger partial charge in [0.2, 0.25) is 5.91 Å². The van der Waals surface area contributed by atoms with Crippen LogP contribution in [0, 0.1) is 6.92 Å². The molecule has 1 fully saturated rings. The second-order valence-electron chi connectivity index (χ2n) is 8.28. The van der Waals surface area contributed by atoms with Crippen LogP contribution in [0.25, 0.3) is 0 Å². The van der Waals surface area contributed by atoms with E-state index in [1.807, 2.05) is 6.92 Å². The number of benzene rings is 1. The molecule has 174 valence electrons. The Morgan fingerprint density at radius 3 is 2.75 bits per heavy atom. The number of alkyl carbamates (subject to hydrolysis) is 1. The molecule has 1 saturated carbocycles. The zero-order valence-corrected chi connectivity index (χ0v) is 19.4. The van der Waals surface area contributed by atoms with E-state index >= 15 is 0 Å². The molecule has 2 aromatic rings. The lowest BCUT2D eigenvalue weighted by atomic mass is 10.0. The molecule has 0 aliphatic heterocycles. The van der Waals surface area contributed by atoms with Gasteiger partial charge in [-0.05, 0) is 49.8 Å². The highest BCUT2D eigenvalue weighted by Crippen LogP contribution is 2.35. The molecule has 0 bridgehead atoms. The van der Waals surface area contributed by atoms with Crippen LogP contribution >= 0.6 is 0 Å². The molecular formula is C22H30N4O5S. The van der Waals surface area contributed by atoms with Crippen molar-refractivity contribution < 1.29 is 22.7 Å². The third kappa shape index (κ3) is 6.32. The molecule has 1 aromatic heterocycles. The average Bonchev–Trinajstić information content (AvgIpc) is 3.36. The summed E-state index contributed by atoms with van der Waals surface area (Å²) in [6, 6.07) is 6.79. The molecular weight excluding hydrogens is 432 g/mol. The Morgan fingerprint density at radius 2 is 2.03 bits per heavy atom. The van der Waals surface area contributed by atoms with Gasteiger partial charge in [0, 0.05) is 30.5 Å². The number of rotatable bonds is 8. The normalized spacial score (nSPS) is 18.3. The number of hydrogen-bond donors (Lipinski definition) is 3. The van der Waals surface area contributed by atoms with Gasteiger partial charge < -0.3 is 15.4 Å². The summed E-state index contributed by atoms with van der Waals surface area (Å²) in [5, 5.41) is 12.5. The number of aromatic amines is 1. The van der Waals surface area contributed by atoms with Crippen molar-refractivity contribution in [1.29, 1.82) is 0 Å². The van der Waals surface area contributed by atoms with Gasteiger partial charge in [-0.15, -0.1) is 0 Å². The van der Waals surface area contributed by atoms with E-state index in [0.717, 1.165) is 36.8 Å². The molecule has 32 heavy (non-hydrogen) atoms. The van der Waals surface area contributed by atoms with E-state index in [0.29, 0.717) is 24.3 Å². The number of ether oxygens (including phenoxy) is 1. The molecule has 2 amide bonds. The first-order valence-electron chi connectivity index (χ1n) is 10.7. The molecule has 3 N–H and O–H groups in total. The van der Waals surface area contributed by atoms with E-state index in [1.54, 1.807) is 31.2 Å². The second kappa shape index (κ2) is 10.2. The van der Waals surface area contributed by atoms with Gasteiger partial charge in [-0.3, -0.25) is 9.89 Å². The van der Waals surface area contributed by atoms with Crippen molar-refractivity contribution in [2.75, 3.05) is 18.1 Å². The number of nitrogens with zero attached hydrogens (tertiary/aromatic N) is 1. The Balaban J connectivity index is 1.57. The maximum absolute atomic E-state index is 12.5. The SMILES string of the molecule is CCCNC(=O)OC1CCC(c2cc(NC(=O)Cc3ccc(C)cc3S(C)(=O)=O)n[nH]2)C1. The third-order valence-corrected chi connectivity index (χ3v) is 6.63. The Hall–Kier alpha value is -2.88. The van der Waals surface area contributed by atoms with Crippen molar-refractivity contribution >= 4 is 27.7 Å². The van der Waals surface area contributed by atoms with E-state index in [1.165, 1.54) is 0 Å². The summed E-state index contributed by atoms with van der Waals surface area (Å²) in [6.45, 7) is 4.37. The zero-order valence-electron chi connectivity index (χ0n) is 18.6. The van der Waals surface area contributed by atoms with Crippen molar-refractivity contribution in [2.45, 2.75) is 62.9 Å². The quantitative estimate of drug-likeness (QED) is 0.553. The van der Waals surface area contributed by atoms with Gasteiger partial charge in [-0.2, -0.15) is 5.10 Å². The molecule has 1 heterocycles. The summed E-state index contributed by atoms with van der Waals surface area (Å²) >= 11 is 0. The van der Waals surface area contributed by atoms with Gasteiger partial charge in [0.25, 0.3) is 0 Å². The summed E-state index contributed by atoms with van der Waals surface area (Å²) in [5.41, 5.74) is 2.13. The summed E-state index contributed by atoms with van der Waals surface area (Å²) in [6.07, 6.45) is 3.69. The van der Waals surface area contributed by atoms with Gasteiger partial charge in [0.15, 0.2) is 15.7 Å². The Morgan fingerprint density at radius 1 is 1.25 bits per heavy atom. The van der Waals surface area contributed by atoms with Crippen LogP contribution in [0.2, 0.25) is 0 Å². The number of H-pyrrole nitrogens is 1. The smallest absolute Gasteiger partial charge is 0.407 e. The van der Waals surface area contributed by atoms with Crippen LogP contribution in [0.3, 0.4) is 0 Å². The van der Waals surface area contributed by atoms with E-state index in [-0.39, 0.29) is 35.3 Å². The molecule has 1 aliphatic carbocycles. The highest BCUT2D eigenvalue weighted by Gasteiger charge is 2.30. The molecule has 1 aliphatic rings. The molecule has 3 rings (SSSR count). The monoisotopic (exact) mass is 462 g/mol. The van der Waals surface area contributed by atoms with Crippen molar-refractivity contribution in [3.05, 3.63) is 41.1 Å². The fourth-order valence-corrected chi connectivity index (χ4v) is 4.89. The Labute approximate surface area is 188 Å². The predicted molar refractivity (Wildman–Crippen MR) is 120 cm³/mol. The number of carbonyl (C=O) groups is 2. The summed E-state index contributed by atoms with van der Waals surface area (Å²) in [5.74, 6) is 0.186. The highest BCUT2D eigenvalue weighted by atomic mass is 32.2. The highest BCUT2D eigenvalue weighted by molar-refractivity contribution is 7.90. The first-order chi connectivity index (χ1) is 15.2. The summed E-state index contributed by atoms with van der Waals surface area (Å²) < 4.78 is 29.6. The first kappa shape index (κ1) is 23.8. The maximum Gasteiger partial charge on any atom is 0.407 e. The van der Waals surface area contributed by atoms with Gasteiger partial charge >= 0.3 is 6.09 Å². The van der Waals surface area contributed by atoms with Gasteiger partial charge in [0.1, 0.15) is 6.10 Å². The van der Waals surface area contributed by atoms with Crippen LogP contribution in [0.4, 0.5) is 10.6 Å². The minimum atomic E-state index is -3.44.